The van der Waals surface area contributed by atoms with Gasteiger partial charge in [0.05, 0.1) is 17.5 Å². The van der Waals surface area contributed by atoms with Crippen LogP contribution in [0.1, 0.15) is 44.7 Å². The zero-order valence-corrected chi connectivity index (χ0v) is 14.7. The molecule has 0 bridgehead atoms. The van der Waals surface area contributed by atoms with Crippen LogP contribution in [0.15, 0.2) is 24.3 Å². The lowest BCUT2D eigenvalue weighted by atomic mass is 9.81. The van der Waals surface area contributed by atoms with Crippen LogP contribution < -0.4 is 5.32 Å². The molecule has 2 fully saturated rings. The summed E-state index contributed by atoms with van der Waals surface area (Å²) in [6.45, 7) is 4.77. The monoisotopic (exact) mass is 348 g/mol. The molecule has 1 saturated heterocycles. The third kappa shape index (κ3) is 3.27. The lowest BCUT2D eigenvalue weighted by Crippen LogP contribution is -2.46. The zero-order chi connectivity index (χ0) is 18.2. The number of hydrogen-bond donors (Lipinski definition) is 2. The first kappa shape index (κ1) is 17.9. The minimum absolute atomic E-state index is 0.127. The number of likely N-dealkylation sites (tertiary alicyclic amines) is 1. The Kier molecular flexibility index (Phi) is 4.82. The fraction of sp³-hybridized carbons (Fsp3) is 0.579. The van der Waals surface area contributed by atoms with Gasteiger partial charge in [0.25, 0.3) is 0 Å². The summed E-state index contributed by atoms with van der Waals surface area (Å²) in [6.07, 6.45) is 2.57. The van der Waals surface area contributed by atoms with Crippen LogP contribution in [-0.4, -0.2) is 41.0 Å². The molecule has 3 rings (SSSR count). The van der Waals surface area contributed by atoms with Gasteiger partial charge >= 0.3 is 5.97 Å². The predicted octanol–water partition coefficient (Wildman–Crippen LogP) is 2.58. The highest BCUT2D eigenvalue weighted by atomic mass is 19.1. The first-order valence-corrected chi connectivity index (χ1v) is 8.87. The molecule has 0 aromatic heterocycles. The number of carbonyl (C=O) groups excluding carboxylic acids is 1. The van der Waals surface area contributed by atoms with Gasteiger partial charge in [0.2, 0.25) is 5.91 Å². The van der Waals surface area contributed by atoms with Crippen LogP contribution in [0.2, 0.25) is 0 Å². The number of rotatable bonds is 5. The van der Waals surface area contributed by atoms with Crippen molar-refractivity contribution in [3.8, 4) is 0 Å². The predicted molar refractivity (Wildman–Crippen MR) is 91.4 cm³/mol. The molecule has 1 aromatic carbocycles. The van der Waals surface area contributed by atoms with E-state index in [0.717, 1.165) is 18.4 Å². The highest BCUT2D eigenvalue weighted by Gasteiger charge is 2.55. The Morgan fingerprint density at radius 2 is 2.00 bits per heavy atom. The summed E-state index contributed by atoms with van der Waals surface area (Å²) in [5.74, 6) is -1.03. The Morgan fingerprint density at radius 1 is 1.32 bits per heavy atom. The van der Waals surface area contributed by atoms with Crippen LogP contribution in [0.25, 0.3) is 0 Å². The summed E-state index contributed by atoms with van der Waals surface area (Å²) in [5.41, 5.74) is 0.152. The number of carboxylic acids is 1. The van der Waals surface area contributed by atoms with Crippen LogP contribution in [-0.2, 0) is 9.59 Å². The molecule has 5 nitrogen and oxygen atoms in total. The lowest BCUT2D eigenvalue weighted by Gasteiger charge is -2.27. The average Bonchev–Trinajstić information content (AvgIpc) is 3.12. The summed E-state index contributed by atoms with van der Waals surface area (Å²) in [4.78, 5) is 26.4. The Labute approximate surface area is 147 Å². The highest BCUT2D eigenvalue weighted by molar-refractivity contribution is 5.82. The van der Waals surface area contributed by atoms with E-state index >= 15 is 0 Å². The van der Waals surface area contributed by atoms with Crippen molar-refractivity contribution >= 4 is 11.9 Å². The molecule has 2 N–H and O–H groups in total. The molecule has 0 spiro atoms. The highest BCUT2D eigenvalue weighted by Crippen LogP contribution is 2.49. The van der Waals surface area contributed by atoms with Gasteiger partial charge in [0.15, 0.2) is 0 Å². The van der Waals surface area contributed by atoms with Crippen molar-refractivity contribution in [1.82, 2.24) is 10.2 Å². The normalized spacial score (nSPS) is 28.4. The fourth-order valence-electron chi connectivity index (χ4n) is 4.31. The molecule has 1 amide bonds. The van der Waals surface area contributed by atoms with Crippen molar-refractivity contribution < 1.29 is 19.1 Å². The lowest BCUT2D eigenvalue weighted by molar-refractivity contribution is -0.149. The maximum absolute atomic E-state index is 13.0. The first-order valence-electron chi connectivity index (χ1n) is 8.87. The summed E-state index contributed by atoms with van der Waals surface area (Å²) in [7, 11) is 0. The quantitative estimate of drug-likeness (QED) is 0.858. The molecule has 136 valence electrons. The Hall–Kier alpha value is -1.95. The standard InChI is InChI=1S/C19H25FN2O3/c1-12(14-5-7-16(20)8-6-14)21-17(23)13(2)22-10-15-4-3-9-19(15,11-22)18(24)25/h5-8,12-13,15H,3-4,9-11H2,1-2H3,(H,21,23)(H,24,25)/t12?,13?,15-,19+/m0/s1. The van der Waals surface area contributed by atoms with Crippen LogP contribution >= 0.6 is 0 Å². The Bertz CT molecular complexity index is 663. The van der Waals surface area contributed by atoms with Crippen LogP contribution in [0.3, 0.4) is 0 Å². The summed E-state index contributed by atoms with van der Waals surface area (Å²) >= 11 is 0. The van der Waals surface area contributed by atoms with Crippen molar-refractivity contribution in [3.63, 3.8) is 0 Å². The molecule has 25 heavy (non-hydrogen) atoms. The molecule has 1 saturated carbocycles. The maximum atomic E-state index is 13.0. The van der Waals surface area contributed by atoms with E-state index in [1.807, 2.05) is 18.7 Å². The number of amides is 1. The number of nitrogens with zero attached hydrogens (tertiary/aromatic N) is 1. The van der Waals surface area contributed by atoms with Gasteiger partial charge in [-0.15, -0.1) is 0 Å². The molecular formula is C19H25FN2O3. The second kappa shape index (κ2) is 6.75. The van der Waals surface area contributed by atoms with Crippen molar-refractivity contribution in [2.75, 3.05) is 13.1 Å². The minimum atomic E-state index is -0.732. The van der Waals surface area contributed by atoms with Crippen molar-refractivity contribution in [2.45, 2.75) is 45.2 Å². The van der Waals surface area contributed by atoms with Gasteiger partial charge in [-0.05, 0) is 50.3 Å². The molecular weight excluding hydrogens is 323 g/mol. The minimum Gasteiger partial charge on any atom is -0.481 e. The molecule has 1 heterocycles. The second-order valence-corrected chi connectivity index (χ2v) is 7.44. The fourth-order valence-corrected chi connectivity index (χ4v) is 4.31. The van der Waals surface area contributed by atoms with Crippen molar-refractivity contribution in [2.24, 2.45) is 11.3 Å². The number of carboxylic acid groups (broad SMARTS) is 1. The average molecular weight is 348 g/mol. The van der Waals surface area contributed by atoms with E-state index < -0.39 is 11.4 Å². The number of benzene rings is 1. The van der Waals surface area contributed by atoms with E-state index in [1.54, 1.807) is 12.1 Å². The Balaban J connectivity index is 1.63. The third-order valence-corrected chi connectivity index (χ3v) is 5.98. The van der Waals surface area contributed by atoms with Gasteiger partial charge in [-0.25, -0.2) is 4.39 Å². The van der Waals surface area contributed by atoms with Gasteiger partial charge in [0.1, 0.15) is 5.82 Å². The molecule has 2 aliphatic rings. The topological polar surface area (TPSA) is 69.6 Å². The van der Waals surface area contributed by atoms with E-state index in [4.69, 9.17) is 0 Å². The van der Waals surface area contributed by atoms with Crippen LogP contribution in [0.4, 0.5) is 4.39 Å². The van der Waals surface area contributed by atoms with E-state index in [-0.39, 0.29) is 29.7 Å². The number of fused-ring (bicyclic) bond motifs is 1. The van der Waals surface area contributed by atoms with Crippen molar-refractivity contribution in [3.05, 3.63) is 35.6 Å². The summed E-state index contributed by atoms with van der Waals surface area (Å²) in [6, 6.07) is 5.45. The number of aliphatic carboxylic acids is 1. The van der Waals surface area contributed by atoms with Crippen LogP contribution in [0.5, 0.6) is 0 Å². The van der Waals surface area contributed by atoms with Crippen molar-refractivity contribution in [1.29, 1.82) is 0 Å². The number of carbonyl (C=O) groups is 2. The van der Waals surface area contributed by atoms with Gasteiger partial charge in [-0.1, -0.05) is 18.6 Å². The van der Waals surface area contributed by atoms with E-state index in [1.165, 1.54) is 12.1 Å². The molecule has 0 radical (unpaired) electrons. The van der Waals surface area contributed by atoms with E-state index in [0.29, 0.717) is 19.5 Å². The zero-order valence-electron chi connectivity index (χ0n) is 14.7. The van der Waals surface area contributed by atoms with Gasteiger partial charge < -0.3 is 10.4 Å². The SMILES string of the molecule is CC(NC(=O)C(C)N1C[C@@H]2CCC[C@@]2(C(=O)O)C1)c1ccc(F)cc1. The third-order valence-electron chi connectivity index (χ3n) is 5.98. The smallest absolute Gasteiger partial charge is 0.311 e. The molecule has 1 aliphatic carbocycles. The largest absolute Gasteiger partial charge is 0.481 e. The number of nitrogens with one attached hydrogen (secondary N) is 1. The molecule has 4 atom stereocenters. The van der Waals surface area contributed by atoms with Gasteiger partial charge in [-0.2, -0.15) is 0 Å². The van der Waals surface area contributed by atoms with Gasteiger partial charge in [0, 0.05) is 13.1 Å². The molecule has 6 heteroatoms. The van der Waals surface area contributed by atoms with E-state index in [9.17, 15) is 19.1 Å². The summed E-state index contributed by atoms with van der Waals surface area (Å²) in [5, 5.41) is 12.6. The first-order chi connectivity index (χ1) is 11.8. The Morgan fingerprint density at radius 3 is 2.60 bits per heavy atom. The van der Waals surface area contributed by atoms with Gasteiger partial charge in [-0.3, -0.25) is 14.5 Å². The molecule has 2 unspecified atom stereocenters. The van der Waals surface area contributed by atoms with E-state index in [2.05, 4.69) is 5.32 Å². The summed E-state index contributed by atoms with van der Waals surface area (Å²) < 4.78 is 13.0. The number of hydrogen-bond acceptors (Lipinski definition) is 3. The molecule has 1 aromatic rings. The molecule has 1 aliphatic heterocycles. The second-order valence-electron chi connectivity index (χ2n) is 7.44. The maximum Gasteiger partial charge on any atom is 0.311 e. The van der Waals surface area contributed by atoms with Crippen LogP contribution in [0, 0.1) is 17.2 Å². The number of halogens is 1.